The molecule has 2 aromatic heterocycles. The van der Waals surface area contributed by atoms with Gasteiger partial charge < -0.3 is 4.40 Å². The Labute approximate surface area is 102 Å². The fourth-order valence-corrected chi connectivity index (χ4v) is 2.12. The van der Waals surface area contributed by atoms with Crippen molar-refractivity contribution in [1.29, 1.82) is 0 Å². The lowest BCUT2D eigenvalue weighted by molar-refractivity contribution is 1.19. The van der Waals surface area contributed by atoms with Gasteiger partial charge in [-0.2, -0.15) is 0 Å². The summed E-state index contributed by atoms with van der Waals surface area (Å²) >= 11 is 3.47. The quantitative estimate of drug-likeness (QED) is 0.659. The summed E-state index contributed by atoms with van der Waals surface area (Å²) in [4.78, 5) is 4.57. The second-order valence-electron chi connectivity index (χ2n) is 3.60. The summed E-state index contributed by atoms with van der Waals surface area (Å²) in [6, 6.07) is 14.2. The molecule has 0 saturated heterocycles. The summed E-state index contributed by atoms with van der Waals surface area (Å²) in [6.07, 6.45) is 4.04. The monoisotopic (exact) mass is 272 g/mol. The van der Waals surface area contributed by atoms with Gasteiger partial charge >= 0.3 is 0 Å². The normalized spacial score (nSPS) is 10.8. The number of pyridine rings is 1. The molecule has 16 heavy (non-hydrogen) atoms. The highest BCUT2D eigenvalue weighted by molar-refractivity contribution is 9.10. The van der Waals surface area contributed by atoms with E-state index in [4.69, 9.17) is 0 Å². The molecule has 3 aromatic rings. The predicted octanol–water partition coefficient (Wildman–Crippen LogP) is 3.76. The third-order valence-electron chi connectivity index (χ3n) is 2.48. The van der Waals surface area contributed by atoms with Crippen LogP contribution < -0.4 is 0 Å². The molecule has 0 spiro atoms. The topological polar surface area (TPSA) is 17.3 Å². The van der Waals surface area contributed by atoms with Gasteiger partial charge in [-0.3, -0.25) is 0 Å². The van der Waals surface area contributed by atoms with E-state index in [1.807, 2.05) is 47.1 Å². The van der Waals surface area contributed by atoms with Crippen molar-refractivity contribution in [3.63, 3.8) is 0 Å². The molecular formula is C13H9BrN2. The van der Waals surface area contributed by atoms with Crippen LogP contribution >= 0.6 is 15.9 Å². The van der Waals surface area contributed by atoms with Crippen molar-refractivity contribution in [3.05, 3.63) is 59.3 Å². The molecule has 78 valence electrons. The number of hydrogen-bond acceptors (Lipinski definition) is 1. The highest BCUT2D eigenvalue weighted by atomic mass is 79.9. The number of halogens is 1. The minimum atomic E-state index is 0.970. The number of benzene rings is 1. The molecule has 3 heteroatoms. The first-order valence-corrected chi connectivity index (χ1v) is 5.82. The standard InChI is InChI=1S/C13H9BrN2/c14-11-5-3-4-10(8-11)12-9-16-7-2-1-6-13(16)15-12/h1-9H. The first-order valence-electron chi connectivity index (χ1n) is 5.02. The Hall–Kier alpha value is -1.61. The van der Waals surface area contributed by atoms with Crippen LogP contribution in [0.4, 0.5) is 0 Å². The van der Waals surface area contributed by atoms with Crippen LogP contribution in [0, 0.1) is 0 Å². The molecular weight excluding hydrogens is 264 g/mol. The van der Waals surface area contributed by atoms with Gasteiger partial charge in [-0.25, -0.2) is 4.98 Å². The number of rotatable bonds is 1. The van der Waals surface area contributed by atoms with Gasteiger partial charge in [0.2, 0.25) is 0 Å². The molecule has 2 nitrogen and oxygen atoms in total. The molecule has 0 aliphatic heterocycles. The van der Waals surface area contributed by atoms with E-state index in [2.05, 4.69) is 33.0 Å². The maximum atomic E-state index is 4.57. The fourth-order valence-electron chi connectivity index (χ4n) is 1.72. The zero-order valence-corrected chi connectivity index (χ0v) is 10.1. The Morgan fingerprint density at radius 1 is 1.06 bits per heavy atom. The zero-order valence-electron chi connectivity index (χ0n) is 8.47. The highest BCUT2D eigenvalue weighted by Crippen LogP contribution is 2.22. The SMILES string of the molecule is Brc1cccc(-c2cn3ccccc3n2)c1. The highest BCUT2D eigenvalue weighted by Gasteiger charge is 2.03. The van der Waals surface area contributed by atoms with Crippen molar-refractivity contribution in [2.24, 2.45) is 0 Å². The summed E-state index contributed by atoms with van der Waals surface area (Å²) in [5, 5.41) is 0. The molecule has 0 fully saturated rings. The number of aromatic nitrogens is 2. The molecule has 0 amide bonds. The minimum Gasteiger partial charge on any atom is -0.306 e. The van der Waals surface area contributed by atoms with E-state index >= 15 is 0 Å². The van der Waals surface area contributed by atoms with Crippen molar-refractivity contribution in [1.82, 2.24) is 9.38 Å². The van der Waals surface area contributed by atoms with Gasteiger partial charge in [0.15, 0.2) is 0 Å². The maximum Gasteiger partial charge on any atom is 0.137 e. The molecule has 0 radical (unpaired) electrons. The molecule has 0 bridgehead atoms. The number of hydrogen-bond donors (Lipinski definition) is 0. The van der Waals surface area contributed by atoms with Crippen LogP contribution in [0.3, 0.4) is 0 Å². The zero-order chi connectivity index (χ0) is 11.0. The smallest absolute Gasteiger partial charge is 0.137 e. The van der Waals surface area contributed by atoms with E-state index in [9.17, 15) is 0 Å². The molecule has 0 aliphatic carbocycles. The summed E-state index contributed by atoms with van der Waals surface area (Å²) in [5.41, 5.74) is 3.09. The molecule has 2 heterocycles. The van der Waals surface area contributed by atoms with E-state index in [1.54, 1.807) is 0 Å². The Morgan fingerprint density at radius 2 is 2.00 bits per heavy atom. The van der Waals surface area contributed by atoms with Gasteiger partial charge in [-0.1, -0.05) is 34.1 Å². The fraction of sp³-hybridized carbons (Fsp3) is 0. The summed E-state index contributed by atoms with van der Waals surface area (Å²) in [6.45, 7) is 0. The summed E-state index contributed by atoms with van der Waals surface area (Å²) in [7, 11) is 0. The van der Waals surface area contributed by atoms with Crippen molar-refractivity contribution < 1.29 is 0 Å². The first-order chi connectivity index (χ1) is 7.83. The van der Waals surface area contributed by atoms with Crippen LogP contribution in [-0.2, 0) is 0 Å². The molecule has 0 saturated carbocycles. The van der Waals surface area contributed by atoms with Crippen molar-refractivity contribution in [3.8, 4) is 11.3 Å². The predicted molar refractivity (Wildman–Crippen MR) is 68.3 cm³/mol. The molecule has 0 unspecified atom stereocenters. The Kier molecular flexibility index (Phi) is 2.26. The van der Waals surface area contributed by atoms with Gasteiger partial charge in [0, 0.05) is 22.4 Å². The molecule has 1 aromatic carbocycles. The van der Waals surface area contributed by atoms with Crippen LogP contribution in [0.5, 0.6) is 0 Å². The maximum absolute atomic E-state index is 4.57. The second kappa shape index (κ2) is 3.76. The second-order valence-corrected chi connectivity index (χ2v) is 4.52. The van der Waals surface area contributed by atoms with Gasteiger partial charge in [0.05, 0.1) is 5.69 Å². The van der Waals surface area contributed by atoms with E-state index < -0.39 is 0 Å². The van der Waals surface area contributed by atoms with Crippen LogP contribution in [-0.4, -0.2) is 9.38 Å². The van der Waals surface area contributed by atoms with Gasteiger partial charge in [0.1, 0.15) is 5.65 Å². The number of nitrogens with zero attached hydrogens (tertiary/aromatic N) is 2. The molecule has 0 N–H and O–H groups in total. The lowest BCUT2D eigenvalue weighted by Crippen LogP contribution is -1.77. The van der Waals surface area contributed by atoms with Crippen molar-refractivity contribution >= 4 is 21.6 Å². The average molecular weight is 273 g/mol. The largest absolute Gasteiger partial charge is 0.306 e. The van der Waals surface area contributed by atoms with Crippen LogP contribution in [0.1, 0.15) is 0 Å². The van der Waals surface area contributed by atoms with E-state index in [1.165, 1.54) is 0 Å². The van der Waals surface area contributed by atoms with Gasteiger partial charge in [0.25, 0.3) is 0 Å². The Balaban J connectivity index is 2.19. The summed E-state index contributed by atoms with van der Waals surface area (Å²) < 4.78 is 3.10. The van der Waals surface area contributed by atoms with Crippen LogP contribution in [0.25, 0.3) is 16.9 Å². The average Bonchev–Trinajstić information content (AvgIpc) is 2.72. The van der Waals surface area contributed by atoms with Crippen molar-refractivity contribution in [2.75, 3.05) is 0 Å². The van der Waals surface area contributed by atoms with Crippen LogP contribution in [0.15, 0.2) is 59.3 Å². The third kappa shape index (κ3) is 1.63. The number of imidazole rings is 1. The van der Waals surface area contributed by atoms with E-state index in [-0.39, 0.29) is 0 Å². The lowest BCUT2D eigenvalue weighted by atomic mass is 10.2. The lowest BCUT2D eigenvalue weighted by Gasteiger charge is -1.95. The number of fused-ring (bicyclic) bond motifs is 1. The Morgan fingerprint density at radius 3 is 2.81 bits per heavy atom. The van der Waals surface area contributed by atoms with Crippen LogP contribution in [0.2, 0.25) is 0 Å². The minimum absolute atomic E-state index is 0.970. The van der Waals surface area contributed by atoms with Gasteiger partial charge in [-0.15, -0.1) is 0 Å². The first kappa shape index (κ1) is 9.60. The molecule has 3 rings (SSSR count). The third-order valence-corrected chi connectivity index (χ3v) is 2.98. The molecule has 0 atom stereocenters. The Bertz CT molecular complexity index is 610. The summed E-state index contributed by atoms with van der Waals surface area (Å²) in [5.74, 6) is 0. The molecule has 0 aliphatic rings. The van der Waals surface area contributed by atoms with Crippen molar-refractivity contribution in [2.45, 2.75) is 0 Å². The van der Waals surface area contributed by atoms with E-state index in [0.717, 1.165) is 21.4 Å². The van der Waals surface area contributed by atoms with E-state index in [0.29, 0.717) is 0 Å². The van der Waals surface area contributed by atoms with Gasteiger partial charge in [-0.05, 0) is 24.3 Å².